The van der Waals surface area contributed by atoms with Crippen LogP contribution in [0.2, 0.25) is 0 Å². The quantitative estimate of drug-likeness (QED) is 0.730. The van der Waals surface area contributed by atoms with Crippen molar-refractivity contribution in [3.05, 3.63) is 35.6 Å². The van der Waals surface area contributed by atoms with Gasteiger partial charge >= 0.3 is 0 Å². The van der Waals surface area contributed by atoms with Crippen LogP contribution in [0, 0.1) is 5.82 Å². The van der Waals surface area contributed by atoms with Crippen LogP contribution < -0.4 is 10.6 Å². The molecule has 92 valence electrons. The lowest BCUT2D eigenvalue weighted by Gasteiger charge is -2.05. The van der Waals surface area contributed by atoms with E-state index in [1.807, 2.05) is 6.07 Å². The Hall–Kier alpha value is -1.42. The first-order valence-electron chi connectivity index (χ1n) is 5.98. The van der Waals surface area contributed by atoms with Crippen molar-refractivity contribution in [2.24, 2.45) is 0 Å². The molecule has 0 spiro atoms. The minimum absolute atomic E-state index is 0.0479. The Balaban J connectivity index is 1.60. The Kier molecular flexibility index (Phi) is 4.09. The zero-order valence-corrected chi connectivity index (χ0v) is 9.71. The van der Waals surface area contributed by atoms with Crippen LogP contribution in [0.3, 0.4) is 0 Å². The molecule has 0 atom stereocenters. The van der Waals surface area contributed by atoms with Crippen molar-refractivity contribution < 1.29 is 9.18 Å². The molecule has 17 heavy (non-hydrogen) atoms. The Morgan fingerprint density at radius 3 is 2.94 bits per heavy atom. The van der Waals surface area contributed by atoms with Gasteiger partial charge in [-0.1, -0.05) is 12.1 Å². The highest BCUT2D eigenvalue weighted by Gasteiger charge is 2.22. The highest BCUT2D eigenvalue weighted by atomic mass is 19.1. The molecule has 0 bridgehead atoms. The first-order valence-corrected chi connectivity index (χ1v) is 5.98. The normalized spacial score (nSPS) is 14.6. The second-order valence-electron chi connectivity index (χ2n) is 4.40. The SMILES string of the molecule is O=C(CNCCc1cccc(F)c1)NC1CC1. The van der Waals surface area contributed by atoms with Gasteiger partial charge in [-0.05, 0) is 43.5 Å². The molecule has 2 rings (SSSR count). The molecular formula is C13H17FN2O. The summed E-state index contributed by atoms with van der Waals surface area (Å²) in [6.07, 6.45) is 2.94. The van der Waals surface area contributed by atoms with Crippen molar-refractivity contribution in [2.45, 2.75) is 25.3 Å². The monoisotopic (exact) mass is 236 g/mol. The van der Waals surface area contributed by atoms with Gasteiger partial charge in [-0.3, -0.25) is 4.79 Å². The maximum atomic E-state index is 12.9. The third-order valence-electron chi connectivity index (χ3n) is 2.71. The van der Waals surface area contributed by atoms with Crippen LogP contribution in [0.15, 0.2) is 24.3 Å². The molecule has 1 aromatic carbocycles. The van der Waals surface area contributed by atoms with E-state index in [1.165, 1.54) is 12.1 Å². The van der Waals surface area contributed by atoms with Crippen LogP contribution in [0.1, 0.15) is 18.4 Å². The van der Waals surface area contributed by atoms with E-state index in [2.05, 4.69) is 10.6 Å². The van der Waals surface area contributed by atoms with Crippen molar-refractivity contribution in [3.63, 3.8) is 0 Å². The van der Waals surface area contributed by atoms with Gasteiger partial charge in [-0.25, -0.2) is 4.39 Å². The number of nitrogens with one attached hydrogen (secondary N) is 2. The van der Waals surface area contributed by atoms with Gasteiger partial charge in [0.1, 0.15) is 5.82 Å². The molecule has 1 saturated carbocycles. The smallest absolute Gasteiger partial charge is 0.234 e. The van der Waals surface area contributed by atoms with Crippen molar-refractivity contribution in [1.29, 1.82) is 0 Å². The van der Waals surface area contributed by atoms with E-state index >= 15 is 0 Å². The number of benzene rings is 1. The average Bonchev–Trinajstić information content (AvgIpc) is 3.08. The van der Waals surface area contributed by atoms with E-state index < -0.39 is 0 Å². The first-order chi connectivity index (χ1) is 8.24. The lowest BCUT2D eigenvalue weighted by molar-refractivity contribution is -0.120. The predicted molar refractivity (Wildman–Crippen MR) is 64.1 cm³/mol. The van der Waals surface area contributed by atoms with Crippen molar-refractivity contribution in [1.82, 2.24) is 10.6 Å². The number of hydrogen-bond donors (Lipinski definition) is 2. The Morgan fingerprint density at radius 2 is 2.24 bits per heavy atom. The predicted octanol–water partition coefficient (Wildman–Crippen LogP) is 1.24. The molecule has 0 saturated heterocycles. The van der Waals surface area contributed by atoms with E-state index in [-0.39, 0.29) is 11.7 Å². The highest BCUT2D eigenvalue weighted by molar-refractivity contribution is 5.78. The number of carbonyl (C=O) groups is 1. The Labute approximate surface area is 100 Å². The molecule has 0 aromatic heterocycles. The van der Waals surface area contributed by atoms with Gasteiger partial charge in [0.25, 0.3) is 0 Å². The molecule has 1 aliphatic rings. The van der Waals surface area contributed by atoms with Crippen LogP contribution in [0.4, 0.5) is 4.39 Å². The van der Waals surface area contributed by atoms with Crippen LogP contribution in [-0.4, -0.2) is 25.0 Å². The summed E-state index contributed by atoms with van der Waals surface area (Å²) in [5.41, 5.74) is 0.945. The third kappa shape index (κ3) is 4.53. The molecule has 4 heteroatoms. The summed E-state index contributed by atoms with van der Waals surface area (Å²) in [6.45, 7) is 1.02. The van der Waals surface area contributed by atoms with E-state index in [4.69, 9.17) is 0 Å². The number of hydrogen-bond acceptors (Lipinski definition) is 2. The van der Waals surface area contributed by atoms with Crippen LogP contribution in [0.25, 0.3) is 0 Å². The van der Waals surface area contributed by atoms with Gasteiger partial charge in [-0.15, -0.1) is 0 Å². The highest BCUT2D eigenvalue weighted by Crippen LogP contribution is 2.18. The number of amides is 1. The lowest BCUT2D eigenvalue weighted by atomic mass is 10.1. The molecule has 0 aliphatic heterocycles. The van der Waals surface area contributed by atoms with E-state index in [1.54, 1.807) is 6.07 Å². The van der Waals surface area contributed by atoms with Crippen molar-refractivity contribution in [2.75, 3.05) is 13.1 Å². The van der Waals surface area contributed by atoms with Gasteiger partial charge in [0, 0.05) is 6.04 Å². The third-order valence-corrected chi connectivity index (χ3v) is 2.71. The second-order valence-corrected chi connectivity index (χ2v) is 4.40. The van der Waals surface area contributed by atoms with E-state index in [0.717, 1.165) is 24.8 Å². The van der Waals surface area contributed by atoms with Gasteiger partial charge in [-0.2, -0.15) is 0 Å². The standard InChI is InChI=1S/C13H17FN2O/c14-11-3-1-2-10(8-11)6-7-15-9-13(17)16-12-4-5-12/h1-3,8,12,15H,4-7,9H2,(H,16,17). The summed E-state index contributed by atoms with van der Waals surface area (Å²) < 4.78 is 12.9. The van der Waals surface area contributed by atoms with Gasteiger partial charge in [0.15, 0.2) is 0 Å². The molecule has 1 aliphatic carbocycles. The summed E-state index contributed by atoms with van der Waals surface area (Å²) in [5.74, 6) is -0.166. The molecule has 0 unspecified atom stereocenters. The molecule has 0 radical (unpaired) electrons. The fraction of sp³-hybridized carbons (Fsp3) is 0.462. The number of halogens is 1. The molecule has 1 fully saturated rings. The maximum Gasteiger partial charge on any atom is 0.234 e. The van der Waals surface area contributed by atoms with Crippen LogP contribution in [0.5, 0.6) is 0 Å². The second kappa shape index (κ2) is 5.77. The zero-order chi connectivity index (χ0) is 12.1. The molecule has 0 heterocycles. The number of rotatable bonds is 6. The molecular weight excluding hydrogens is 219 g/mol. The summed E-state index contributed by atoms with van der Waals surface area (Å²) in [4.78, 5) is 11.3. The van der Waals surface area contributed by atoms with Crippen LogP contribution in [-0.2, 0) is 11.2 Å². The summed E-state index contributed by atoms with van der Waals surface area (Å²) in [5, 5.41) is 5.95. The number of carbonyl (C=O) groups excluding carboxylic acids is 1. The fourth-order valence-corrected chi connectivity index (χ4v) is 1.63. The summed E-state index contributed by atoms with van der Waals surface area (Å²) in [6, 6.07) is 6.94. The summed E-state index contributed by atoms with van der Waals surface area (Å²) >= 11 is 0. The zero-order valence-electron chi connectivity index (χ0n) is 9.71. The van der Waals surface area contributed by atoms with Gasteiger partial charge < -0.3 is 10.6 Å². The Bertz CT molecular complexity index is 391. The van der Waals surface area contributed by atoms with Crippen molar-refractivity contribution in [3.8, 4) is 0 Å². The first kappa shape index (κ1) is 12.0. The Morgan fingerprint density at radius 1 is 1.41 bits per heavy atom. The molecule has 2 N–H and O–H groups in total. The lowest BCUT2D eigenvalue weighted by Crippen LogP contribution is -2.35. The largest absolute Gasteiger partial charge is 0.352 e. The molecule has 3 nitrogen and oxygen atoms in total. The van der Waals surface area contributed by atoms with Crippen LogP contribution >= 0.6 is 0 Å². The molecule has 1 amide bonds. The molecule has 1 aromatic rings. The van der Waals surface area contributed by atoms with Gasteiger partial charge in [0.05, 0.1) is 6.54 Å². The average molecular weight is 236 g/mol. The van der Waals surface area contributed by atoms with E-state index in [0.29, 0.717) is 19.1 Å². The van der Waals surface area contributed by atoms with Crippen molar-refractivity contribution >= 4 is 5.91 Å². The minimum Gasteiger partial charge on any atom is -0.352 e. The fourth-order valence-electron chi connectivity index (χ4n) is 1.63. The topological polar surface area (TPSA) is 41.1 Å². The van der Waals surface area contributed by atoms with Gasteiger partial charge in [0.2, 0.25) is 5.91 Å². The summed E-state index contributed by atoms with van der Waals surface area (Å²) in [7, 11) is 0. The minimum atomic E-state index is -0.214. The maximum absolute atomic E-state index is 12.9. The van der Waals surface area contributed by atoms with E-state index in [9.17, 15) is 9.18 Å².